The molecule has 0 aliphatic rings. The summed E-state index contributed by atoms with van der Waals surface area (Å²) in [5.74, 6) is -0.365. The van der Waals surface area contributed by atoms with E-state index in [0.29, 0.717) is 28.8 Å². The maximum Gasteiger partial charge on any atom is 0.282 e. The highest BCUT2D eigenvalue weighted by atomic mass is 16.2. The minimum atomic E-state index is -0.365. The van der Waals surface area contributed by atoms with E-state index in [1.54, 1.807) is 4.52 Å². The fourth-order valence-corrected chi connectivity index (χ4v) is 5.06. The van der Waals surface area contributed by atoms with Crippen LogP contribution < -0.4 is 10.9 Å². The minimum absolute atomic E-state index is 0.257. The maximum absolute atomic E-state index is 14.2. The van der Waals surface area contributed by atoms with E-state index in [9.17, 15) is 9.59 Å². The Kier molecular flexibility index (Phi) is 5.85. The van der Waals surface area contributed by atoms with E-state index in [-0.39, 0.29) is 17.2 Å². The van der Waals surface area contributed by atoms with Crippen molar-refractivity contribution in [2.45, 2.75) is 20.3 Å². The molecule has 2 heterocycles. The number of carbonyl (C=O) groups excluding carboxylic acids is 1. The lowest BCUT2D eigenvalue weighted by Crippen LogP contribution is -2.32. The summed E-state index contributed by atoms with van der Waals surface area (Å²) >= 11 is 0. The fourth-order valence-electron chi connectivity index (χ4n) is 5.06. The van der Waals surface area contributed by atoms with Crippen LogP contribution in [0, 0.1) is 13.8 Å². The molecule has 4 aromatic carbocycles. The fraction of sp³-hybridized carbons (Fsp3) is 0.0938. The van der Waals surface area contributed by atoms with Crippen molar-refractivity contribution in [1.82, 2.24) is 14.2 Å². The SMILES string of the molecule is Cc1cccc(C)c1NC(=O)c1c(Cc2ccccc2)n2nc3ccccc3c2c(=O)n1-c1ccccc1. The third kappa shape index (κ3) is 3.96. The number of benzene rings is 4. The Morgan fingerprint density at radius 2 is 1.42 bits per heavy atom. The lowest BCUT2D eigenvalue weighted by atomic mass is 10.1. The molecule has 0 fully saturated rings. The number of rotatable bonds is 5. The number of fused-ring (bicyclic) bond motifs is 3. The lowest BCUT2D eigenvalue weighted by molar-refractivity contribution is 0.101. The van der Waals surface area contributed by atoms with Gasteiger partial charge in [-0.15, -0.1) is 0 Å². The highest BCUT2D eigenvalue weighted by Gasteiger charge is 2.26. The predicted molar refractivity (Wildman–Crippen MR) is 151 cm³/mol. The molecule has 0 spiro atoms. The number of aryl methyl sites for hydroxylation is 2. The van der Waals surface area contributed by atoms with E-state index in [1.807, 2.05) is 117 Å². The molecular formula is C32H26N4O2. The van der Waals surface area contributed by atoms with E-state index < -0.39 is 0 Å². The van der Waals surface area contributed by atoms with Crippen LogP contribution in [-0.2, 0) is 6.42 Å². The molecule has 0 radical (unpaired) electrons. The van der Waals surface area contributed by atoms with Gasteiger partial charge in [0, 0.05) is 23.2 Å². The van der Waals surface area contributed by atoms with Crippen LogP contribution >= 0.6 is 0 Å². The topological polar surface area (TPSA) is 68.4 Å². The molecule has 0 atom stereocenters. The summed E-state index contributed by atoms with van der Waals surface area (Å²) in [4.78, 5) is 28.5. The number of anilines is 1. The van der Waals surface area contributed by atoms with Gasteiger partial charge in [0.1, 0.15) is 11.2 Å². The summed E-state index contributed by atoms with van der Waals surface area (Å²) in [6.07, 6.45) is 0.411. The summed E-state index contributed by atoms with van der Waals surface area (Å²) in [7, 11) is 0. The molecule has 38 heavy (non-hydrogen) atoms. The standard InChI is InChI=1S/C32H26N4O2/c1-21-12-11-13-22(2)28(21)33-31(37)30-27(20-23-14-5-3-6-15-23)36-29(25-18-9-10-19-26(25)34-36)32(38)35(30)24-16-7-4-8-17-24/h3-19H,20H2,1-2H3,(H,33,37). The molecule has 0 saturated heterocycles. The van der Waals surface area contributed by atoms with Crippen molar-refractivity contribution in [3.63, 3.8) is 0 Å². The van der Waals surface area contributed by atoms with Crippen LogP contribution in [0.4, 0.5) is 5.69 Å². The van der Waals surface area contributed by atoms with Gasteiger partial charge < -0.3 is 5.32 Å². The van der Waals surface area contributed by atoms with Crippen LogP contribution in [0.15, 0.2) is 108 Å². The Bertz CT molecular complexity index is 1850. The first-order valence-corrected chi connectivity index (χ1v) is 12.5. The molecule has 0 unspecified atom stereocenters. The first-order valence-electron chi connectivity index (χ1n) is 12.5. The third-order valence-electron chi connectivity index (χ3n) is 6.90. The molecule has 0 aliphatic carbocycles. The largest absolute Gasteiger partial charge is 0.320 e. The predicted octanol–water partition coefficient (Wildman–Crippen LogP) is 6.10. The minimum Gasteiger partial charge on any atom is -0.320 e. The van der Waals surface area contributed by atoms with Gasteiger partial charge in [0.05, 0.1) is 11.2 Å². The van der Waals surface area contributed by atoms with Gasteiger partial charge >= 0.3 is 0 Å². The first-order chi connectivity index (χ1) is 18.5. The van der Waals surface area contributed by atoms with E-state index in [0.717, 1.165) is 27.8 Å². The van der Waals surface area contributed by atoms with Crippen molar-refractivity contribution in [3.05, 3.63) is 142 Å². The molecule has 2 aromatic heterocycles. The Hall–Kier alpha value is -4.97. The van der Waals surface area contributed by atoms with Crippen LogP contribution in [0.2, 0.25) is 0 Å². The number of carbonyl (C=O) groups is 1. The molecule has 6 heteroatoms. The van der Waals surface area contributed by atoms with Gasteiger partial charge in [0.25, 0.3) is 11.5 Å². The summed E-state index contributed by atoms with van der Waals surface area (Å²) in [6.45, 7) is 3.92. The number of hydrogen-bond donors (Lipinski definition) is 1. The highest BCUT2D eigenvalue weighted by molar-refractivity contribution is 6.06. The van der Waals surface area contributed by atoms with Gasteiger partial charge in [-0.3, -0.25) is 14.2 Å². The molecule has 6 aromatic rings. The quantitative estimate of drug-likeness (QED) is 0.312. The Labute approximate surface area is 219 Å². The van der Waals surface area contributed by atoms with E-state index in [1.165, 1.54) is 4.57 Å². The number of nitrogens with one attached hydrogen (secondary N) is 1. The number of amides is 1. The summed E-state index contributed by atoms with van der Waals surface area (Å²) in [5, 5.41) is 8.68. The molecule has 0 aliphatic heterocycles. The number of aromatic nitrogens is 3. The second-order valence-corrected chi connectivity index (χ2v) is 9.43. The Morgan fingerprint density at radius 3 is 2.13 bits per heavy atom. The monoisotopic (exact) mass is 498 g/mol. The highest BCUT2D eigenvalue weighted by Crippen LogP contribution is 2.26. The molecule has 186 valence electrons. The van der Waals surface area contributed by atoms with Gasteiger partial charge in [-0.05, 0) is 48.7 Å². The molecule has 0 saturated carbocycles. The van der Waals surface area contributed by atoms with Crippen molar-refractivity contribution in [3.8, 4) is 5.69 Å². The first kappa shape index (κ1) is 23.4. The van der Waals surface area contributed by atoms with Crippen LogP contribution in [0.3, 0.4) is 0 Å². The zero-order chi connectivity index (χ0) is 26.2. The van der Waals surface area contributed by atoms with Gasteiger partial charge in [-0.2, -0.15) is 5.10 Å². The third-order valence-corrected chi connectivity index (χ3v) is 6.90. The molecular weight excluding hydrogens is 472 g/mol. The molecule has 6 nitrogen and oxygen atoms in total. The molecule has 6 rings (SSSR count). The zero-order valence-electron chi connectivity index (χ0n) is 21.2. The van der Waals surface area contributed by atoms with Crippen molar-refractivity contribution in [2.75, 3.05) is 5.32 Å². The zero-order valence-corrected chi connectivity index (χ0v) is 21.2. The Morgan fingerprint density at radius 1 is 0.789 bits per heavy atom. The normalized spacial score (nSPS) is 11.2. The summed E-state index contributed by atoms with van der Waals surface area (Å²) < 4.78 is 3.20. The van der Waals surface area contributed by atoms with Crippen molar-refractivity contribution >= 4 is 28.0 Å². The second-order valence-electron chi connectivity index (χ2n) is 9.43. The summed E-state index contributed by atoms with van der Waals surface area (Å²) in [5.41, 5.74) is 5.99. The average molecular weight is 499 g/mol. The van der Waals surface area contributed by atoms with Crippen LogP contribution in [0.5, 0.6) is 0 Å². The molecule has 0 bridgehead atoms. The second kappa shape index (κ2) is 9.48. The van der Waals surface area contributed by atoms with E-state index in [2.05, 4.69) is 5.32 Å². The average Bonchev–Trinajstić information content (AvgIpc) is 3.33. The van der Waals surface area contributed by atoms with Crippen molar-refractivity contribution < 1.29 is 4.79 Å². The lowest BCUT2D eigenvalue weighted by Gasteiger charge is -2.20. The van der Waals surface area contributed by atoms with Gasteiger partial charge in [-0.25, -0.2) is 4.52 Å². The maximum atomic E-state index is 14.2. The number of hydrogen-bond acceptors (Lipinski definition) is 3. The van der Waals surface area contributed by atoms with Gasteiger partial charge in [0.15, 0.2) is 0 Å². The van der Waals surface area contributed by atoms with Crippen LogP contribution in [0.25, 0.3) is 22.1 Å². The molecule has 1 N–H and O–H groups in total. The van der Waals surface area contributed by atoms with Crippen LogP contribution in [0.1, 0.15) is 32.9 Å². The van der Waals surface area contributed by atoms with E-state index in [4.69, 9.17) is 5.10 Å². The van der Waals surface area contributed by atoms with Crippen molar-refractivity contribution in [1.29, 1.82) is 0 Å². The van der Waals surface area contributed by atoms with Gasteiger partial charge in [-0.1, -0.05) is 84.9 Å². The number of nitrogens with zero attached hydrogens (tertiary/aromatic N) is 3. The van der Waals surface area contributed by atoms with Crippen molar-refractivity contribution in [2.24, 2.45) is 0 Å². The van der Waals surface area contributed by atoms with E-state index >= 15 is 0 Å². The number of para-hydroxylation sites is 2. The van der Waals surface area contributed by atoms with Gasteiger partial charge in [0.2, 0.25) is 0 Å². The smallest absolute Gasteiger partial charge is 0.282 e. The van der Waals surface area contributed by atoms with Crippen LogP contribution in [-0.4, -0.2) is 20.1 Å². The Balaban J connectivity index is 1.71. The molecule has 1 amide bonds. The summed E-state index contributed by atoms with van der Waals surface area (Å²) in [6, 6.07) is 32.7.